The molecule has 1 aromatic rings. The van der Waals surface area contributed by atoms with Crippen LogP contribution in [0.2, 0.25) is 0 Å². The van der Waals surface area contributed by atoms with Crippen molar-refractivity contribution in [3.8, 4) is 5.75 Å². The molecule has 0 aromatic heterocycles. The Labute approximate surface area is 107 Å². The van der Waals surface area contributed by atoms with E-state index in [9.17, 15) is 15.0 Å². The average Bonchev–Trinajstić information content (AvgIpc) is 2.27. The summed E-state index contributed by atoms with van der Waals surface area (Å²) in [6.45, 7) is 4.54. The van der Waals surface area contributed by atoms with Crippen LogP contribution in [0.5, 0.6) is 5.75 Å². The third kappa shape index (κ3) is 2.64. The van der Waals surface area contributed by atoms with E-state index in [1.807, 2.05) is 6.92 Å². The fourth-order valence-corrected chi connectivity index (χ4v) is 2.39. The van der Waals surface area contributed by atoms with Crippen LogP contribution in [0.25, 0.3) is 0 Å². The number of phenolic OH excluding ortho intramolecular Hbond substituents is 1. The van der Waals surface area contributed by atoms with Crippen molar-refractivity contribution in [1.29, 1.82) is 0 Å². The monoisotopic (exact) mass is 249 g/mol. The second kappa shape index (κ2) is 4.61. The van der Waals surface area contributed by atoms with Gasteiger partial charge in [0.1, 0.15) is 5.75 Å². The quantitative estimate of drug-likeness (QED) is 0.796. The summed E-state index contributed by atoms with van der Waals surface area (Å²) in [6, 6.07) is 5.01. The van der Waals surface area contributed by atoms with Crippen LogP contribution in [0.15, 0.2) is 18.2 Å². The first-order valence-electron chi connectivity index (χ1n) is 6.20. The third-order valence-electron chi connectivity index (χ3n) is 3.35. The fraction of sp³-hybridized carbons (Fsp3) is 0.500. The van der Waals surface area contributed by atoms with Crippen LogP contribution in [0.4, 0.5) is 0 Å². The van der Waals surface area contributed by atoms with E-state index < -0.39 is 5.60 Å². The Hall–Kier alpha value is -1.55. The molecular weight excluding hydrogens is 230 g/mol. The number of aryl methyl sites for hydroxylation is 1. The molecule has 0 bridgehead atoms. The van der Waals surface area contributed by atoms with Crippen molar-refractivity contribution in [2.45, 2.75) is 32.3 Å². The predicted octanol–water partition coefficient (Wildman–Crippen LogP) is 1.69. The van der Waals surface area contributed by atoms with E-state index in [1.165, 1.54) is 0 Å². The van der Waals surface area contributed by atoms with Gasteiger partial charge in [0.2, 0.25) is 0 Å². The summed E-state index contributed by atoms with van der Waals surface area (Å²) < 4.78 is 0. The standard InChI is InChI=1S/C14H19NO3/c1-10-4-5-11(12(16)8-10)13(17)15-7-3-6-14(2,18)9-15/h4-5,8,16,18H,3,6-7,9H2,1-2H3. The number of phenols is 1. The first-order chi connectivity index (χ1) is 8.39. The number of β-amino-alcohol motifs (C(OH)–C–C–N with tert-alkyl or cyclic N) is 1. The van der Waals surface area contributed by atoms with Crippen molar-refractivity contribution in [3.63, 3.8) is 0 Å². The zero-order valence-corrected chi connectivity index (χ0v) is 10.8. The predicted molar refractivity (Wildman–Crippen MR) is 68.6 cm³/mol. The molecule has 1 fully saturated rings. The van der Waals surface area contributed by atoms with Gasteiger partial charge in [-0.05, 0) is 44.4 Å². The van der Waals surface area contributed by atoms with Gasteiger partial charge in [-0.2, -0.15) is 0 Å². The lowest BCUT2D eigenvalue weighted by Crippen LogP contribution is -2.48. The molecule has 98 valence electrons. The normalized spacial score (nSPS) is 24.1. The summed E-state index contributed by atoms with van der Waals surface area (Å²) in [6.07, 6.45) is 1.49. The Morgan fingerprint density at radius 2 is 2.17 bits per heavy atom. The van der Waals surface area contributed by atoms with Crippen molar-refractivity contribution in [2.24, 2.45) is 0 Å². The van der Waals surface area contributed by atoms with Gasteiger partial charge in [0, 0.05) is 13.1 Å². The van der Waals surface area contributed by atoms with E-state index in [0.717, 1.165) is 12.0 Å². The van der Waals surface area contributed by atoms with Gasteiger partial charge in [0.05, 0.1) is 11.2 Å². The van der Waals surface area contributed by atoms with E-state index in [4.69, 9.17) is 0 Å². The maximum atomic E-state index is 12.3. The van der Waals surface area contributed by atoms with Gasteiger partial charge in [-0.3, -0.25) is 4.79 Å². The molecule has 2 N–H and O–H groups in total. The number of carbonyl (C=O) groups is 1. The van der Waals surface area contributed by atoms with Crippen molar-refractivity contribution < 1.29 is 15.0 Å². The van der Waals surface area contributed by atoms with Crippen LogP contribution in [-0.2, 0) is 0 Å². The van der Waals surface area contributed by atoms with E-state index >= 15 is 0 Å². The number of aromatic hydroxyl groups is 1. The van der Waals surface area contributed by atoms with Crippen LogP contribution < -0.4 is 0 Å². The molecule has 1 heterocycles. The molecule has 4 nitrogen and oxygen atoms in total. The number of nitrogens with zero attached hydrogens (tertiary/aromatic N) is 1. The van der Waals surface area contributed by atoms with E-state index in [-0.39, 0.29) is 11.7 Å². The molecule has 18 heavy (non-hydrogen) atoms. The molecule has 1 atom stereocenters. The number of hydrogen-bond donors (Lipinski definition) is 2. The smallest absolute Gasteiger partial charge is 0.257 e. The number of likely N-dealkylation sites (tertiary alicyclic amines) is 1. The maximum absolute atomic E-state index is 12.3. The molecule has 1 aliphatic rings. The summed E-state index contributed by atoms with van der Waals surface area (Å²) in [5.41, 5.74) is 0.391. The Balaban J connectivity index is 2.20. The van der Waals surface area contributed by atoms with Gasteiger partial charge in [-0.15, -0.1) is 0 Å². The number of rotatable bonds is 1. The first kappa shape index (κ1) is 12.9. The summed E-state index contributed by atoms with van der Waals surface area (Å²) in [7, 11) is 0. The number of benzene rings is 1. The Morgan fingerprint density at radius 1 is 1.44 bits per heavy atom. The minimum Gasteiger partial charge on any atom is -0.507 e. The third-order valence-corrected chi connectivity index (χ3v) is 3.35. The second-order valence-corrected chi connectivity index (χ2v) is 5.35. The Bertz CT molecular complexity index is 468. The summed E-state index contributed by atoms with van der Waals surface area (Å²) in [5, 5.41) is 19.8. The molecule has 0 aliphatic carbocycles. The lowest BCUT2D eigenvalue weighted by atomic mass is 9.94. The summed E-state index contributed by atoms with van der Waals surface area (Å²) >= 11 is 0. The zero-order valence-electron chi connectivity index (χ0n) is 10.8. The SMILES string of the molecule is Cc1ccc(C(=O)N2CCCC(C)(O)C2)c(O)c1. The molecule has 1 aliphatic heterocycles. The van der Waals surface area contributed by atoms with Crippen LogP contribution in [0.3, 0.4) is 0 Å². The minimum atomic E-state index is -0.825. The van der Waals surface area contributed by atoms with Crippen molar-refractivity contribution in [1.82, 2.24) is 4.90 Å². The Morgan fingerprint density at radius 3 is 2.78 bits per heavy atom. The molecule has 1 saturated heterocycles. The van der Waals surface area contributed by atoms with Crippen molar-refractivity contribution in [3.05, 3.63) is 29.3 Å². The highest BCUT2D eigenvalue weighted by Crippen LogP contribution is 2.25. The van der Waals surface area contributed by atoms with Crippen LogP contribution >= 0.6 is 0 Å². The van der Waals surface area contributed by atoms with Gasteiger partial charge >= 0.3 is 0 Å². The van der Waals surface area contributed by atoms with Gasteiger partial charge in [0.15, 0.2) is 0 Å². The summed E-state index contributed by atoms with van der Waals surface area (Å²) in [4.78, 5) is 13.9. The highest BCUT2D eigenvalue weighted by molar-refractivity contribution is 5.97. The zero-order chi connectivity index (χ0) is 13.3. The fourth-order valence-electron chi connectivity index (χ4n) is 2.39. The maximum Gasteiger partial charge on any atom is 0.257 e. The highest BCUT2D eigenvalue weighted by Gasteiger charge is 2.31. The van der Waals surface area contributed by atoms with Gasteiger partial charge in [-0.1, -0.05) is 6.07 Å². The van der Waals surface area contributed by atoms with E-state index in [0.29, 0.717) is 25.1 Å². The van der Waals surface area contributed by atoms with Crippen molar-refractivity contribution in [2.75, 3.05) is 13.1 Å². The van der Waals surface area contributed by atoms with Gasteiger partial charge < -0.3 is 15.1 Å². The lowest BCUT2D eigenvalue weighted by molar-refractivity contribution is -0.0108. The molecule has 0 saturated carbocycles. The van der Waals surface area contributed by atoms with Crippen LogP contribution in [-0.4, -0.2) is 39.7 Å². The van der Waals surface area contributed by atoms with Gasteiger partial charge in [0.25, 0.3) is 5.91 Å². The largest absolute Gasteiger partial charge is 0.507 e. The second-order valence-electron chi connectivity index (χ2n) is 5.35. The van der Waals surface area contributed by atoms with Crippen LogP contribution in [0, 0.1) is 6.92 Å². The van der Waals surface area contributed by atoms with Gasteiger partial charge in [-0.25, -0.2) is 0 Å². The summed E-state index contributed by atoms with van der Waals surface area (Å²) in [5.74, 6) is -0.210. The number of piperidine rings is 1. The number of carbonyl (C=O) groups excluding carboxylic acids is 1. The Kier molecular flexibility index (Phi) is 3.30. The number of hydrogen-bond acceptors (Lipinski definition) is 3. The minimum absolute atomic E-state index is 0.00483. The molecule has 1 amide bonds. The van der Waals surface area contributed by atoms with E-state index in [2.05, 4.69) is 0 Å². The number of aliphatic hydroxyl groups is 1. The molecule has 2 rings (SSSR count). The highest BCUT2D eigenvalue weighted by atomic mass is 16.3. The molecule has 1 unspecified atom stereocenters. The van der Waals surface area contributed by atoms with E-state index in [1.54, 1.807) is 30.0 Å². The molecular formula is C14H19NO3. The topological polar surface area (TPSA) is 60.8 Å². The molecule has 4 heteroatoms. The first-order valence-corrected chi connectivity index (χ1v) is 6.20. The number of amides is 1. The lowest BCUT2D eigenvalue weighted by Gasteiger charge is -2.36. The molecule has 0 radical (unpaired) electrons. The molecule has 1 aromatic carbocycles. The van der Waals surface area contributed by atoms with Crippen molar-refractivity contribution >= 4 is 5.91 Å². The average molecular weight is 249 g/mol. The molecule has 0 spiro atoms. The van der Waals surface area contributed by atoms with Crippen LogP contribution in [0.1, 0.15) is 35.7 Å².